The lowest BCUT2D eigenvalue weighted by Gasteiger charge is -2.39. The molecule has 2 N–H and O–H groups in total. The van der Waals surface area contributed by atoms with Gasteiger partial charge in [-0.1, -0.05) is 78.3 Å². The Labute approximate surface area is 251 Å². The van der Waals surface area contributed by atoms with Crippen molar-refractivity contribution in [2.75, 3.05) is 0 Å². The van der Waals surface area contributed by atoms with E-state index in [2.05, 4.69) is 17.8 Å². The van der Waals surface area contributed by atoms with Gasteiger partial charge in [-0.05, 0) is 42.5 Å². The maximum absolute atomic E-state index is 15.6. The first-order valence-electron chi connectivity index (χ1n) is 12.9. The van der Waals surface area contributed by atoms with Crippen LogP contribution in [-0.2, 0) is 0 Å². The zero-order valence-corrected chi connectivity index (χ0v) is 22.6. The van der Waals surface area contributed by atoms with Gasteiger partial charge in [0.05, 0.1) is 11.3 Å². The summed E-state index contributed by atoms with van der Waals surface area (Å²) in [5, 5.41) is 13.2. The minimum absolute atomic E-state index is 0.0511. The molecule has 1 aliphatic rings. The van der Waals surface area contributed by atoms with Gasteiger partial charge in [-0.3, -0.25) is 4.79 Å². The quantitative estimate of drug-likeness (QED) is 0.237. The van der Waals surface area contributed by atoms with Crippen LogP contribution in [0.15, 0.2) is 114 Å². The van der Waals surface area contributed by atoms with Crippen molar-refractivity contribution in [1.82, 2.24) is 5.32 Å². The highest BCUT2D eigenvalue weighted by molar-refractivity contribution is 5.96. The first-order valence-corrected chi connectivity index (χ1v) is 12.9. The van der Waals surface area contributed by atoms with Gasteiger partial charge >= 0.3 is 18.3 Å². The molecular weight excluding hydrogens is 613 g/mol. The third-order valence-electron chi connectivity index (χ3n) is 6.66. The van der Waals surface area contributed by atoms with E-state index in [4.69, 9.17) is 0 Å². The molecule has 3 unspecified atom stereocenters. The SMILES string of the molecule is O=C(NC1=C(C#Cc2ccccc2)C(O)C(C#Cc2ccccc2)(C(F)(F)F)C=C1C(F)C(F)(F)C(F)(F)F)c1ccccc1. The molecule has 1 aliphatic carbocycles. The molecule has 0 bridgehead atoms. The number of carbonyl (C=O) groups excluding carboxylic acids is 1. The molecule has 3 atom stereocenters. The van der Waals surface area contributed by atoms with Crippen molar-refractivity contribution in [3.63, 3.8) is 0 Å². The summed E-state index contributed by atoms with van der Waals surface area (Å²) < 4.78 is 129. The van der Waals surface area contributed by atoms with Crippen LogP contribution in [0.3, 0.4) is 0 Å². The summed E-state index contributed by atoms with van der Waals surface area (Å²) >= 11 is 0. The summed E-state index contributed by atoms with van der Waals surface area (Å²) in [5.74, 6) is 0.950. The molecule has 4 rings (SSSR count). The molecular formula is C33H20F9NO2. The van der Waals surface area contributed by atoms with Crippen LogP contribution in [0.25, 0.3) is 0 Å². The number of rotatable bonds is 4. The first kappa shape index (κ1) is 33.0. The Balaban J connectivity index is 2.07. The van der Waals surface area contributed by atoms with Crippen LogP contribution in [-0.4, -0.2) is 41.6 Å². The number of alkyl halides is 9. The Morgan fingerprint density at radius 1 is 0.756 bits per heavy atom. The second-order valence-electron chi connectivity index (χ2n) is 9.69. The molecule has 0 heterocycles. The largest absolute Gasteiger partial charge is 0.456 e. The van der Waals surface area contributed by atoms with Crippen LogP contribution in [0, 0.1) is 29.1 Å². The fourth-order valence-corrected chi connectivity index (χ4v) is 4.27. The third kappa shape index (κ3) is 6.76. The molecule has 0 aliphatic heterocycles. The molecule has 3 nitrogen and oxygen atoms in total. The number of aliphatic hydroxyl groups is 1. The van der Waals surface area contributed by atoms with Crippen LogP contribution in [0.5, 0.6) is 0 Å². The minimum Gasteiger partial charge on any atom is -0.385 e. The zero-order valence-electron chi connectivity index (χ0n) is 22.6. The van der Waals surface area contributed by atoms with E-state index in [0.717, 1.165) is 0 Å². The molecule has 0 radical (unpaired) electrons. The molecule has 1 amide bonds. The second-order valence-corrected chi connectivity index (χ2v) is 9.69. The van der Waals surface area contributed by atoms with Gasteiger partial charge in [-0.25, -0.2) is 4.39 Å². The fraction of sp³-hybridized carbons (Fsp3) is 0.182. The summed E-state index contributed by atoms with van der Waals surface area (Å²) in [4.78, 5) is 13.0. The van der Waals surface area contributed by atoms with Gasteiger partial charge in [-0.2, -0.15) is 35.1 Å². The van der Waals surface area contributed by atoms with Crippen LogP contribution >= 0.6 is 0 Å². The average Bonchev–Trinajstić information content (AvgIpc) is 3.00. The molecule has 12 heteroatoms. The van der Waals surface area contributed by atoms with Crippen molar-refractivity contribution in [3.05, 3.63) is 131 Å². The Morgan fingerprint density at radius 3 is 1.73 bits per heavy atom. The first-order chi connectivity index (χ1) is 21.1. The third-order valence-corrected chi connectivity index (χ3v) is 6.66. The highest BCUT2D eigenvalue weighted by Gasteiger charge is 2.67. The lowest BCUT2D eigenvalue weighted by Crippen LogP contribution is -2.53. The number of halogens is 9. The number of carbonyl (C=O) groups is 1. The maximum atomic E-state index is 15.6. The number of benzene rings is 3. The Bertz CT molecular complexity index is 1720. The Hall–Kier alpha value is -4.94. The number of aliphatic hydroxyl groups excluding tert-OH is 1. The summed E-state index contributed by atoms with van der Waals surface area (Å²) in [6, 6.07) is 20.7. The van der Waals surface area contributed by atoms with Crippen molar-refractivity contribution in [1.29, 1.82) is 0 Å². The Morgan fingerprint density at radius 2 is 1.24 bits per heavy atom. The van der Waals surface area contributed by atoms with E-state index in [-0.39, 0.29) is 22.8 Å². The van der Waals surface area contributed by atoms with Crippen molar-refractivity contribution in [3.8, 4) is 23.7 Å². The van der Waals surface area contributed by atoms with Gasteiger partial charge < -0.3 is 10.4 Å². The number of amides is 1. The van der Waals surface area contributed by atoms with E-state index in [0.29, 0.717) is 0 Å². The van der Waals surface area contributed by atoms with Crippen molar-refractivity contribution in [2.45, 2.75) is 30.6 Å². The van der Waals surface area contributed by atoms with E-state index < -0.39 is 58.7 Å². The van der Waals surface area contributed by atoms with Crippen molar-refractivity contribution in [2.24, 2.45) is 5.41 Å². The molecule has 0 aromatic heterocycles. The summed E-state index contributed by atoms with van der Waals surface area (Å²) in [7, 11) is 0. The monoisotopic (exact) mass is 633 g/mol. The van der Waals surface area contributed by atoms with E-state index in [1.165, 1.54) is 84.9 Å². The lowest BCUT2D eigenvalue weighted by molar-refractivity contribution is -0.298. The van der Waals surface area contributed by atoms with Gasteiger partial charge in [0.15, 0.2) is 11.6 Å². The van der Waals surface area contributed by atoms with Gasteiger partial charge in [0.1, 0.15) is 6.10 Å². The van der Waals surface area contributed by atoms with Crippen LogP contribution in [0.4, 0.5) is 39.5 Å². The summed E-state index contributed by atoms with van der Waals surface area (Å²) in [5.41, 5.74) is -8.52. The molecule has 0 fully saturated rings. The molecule has 232 valence electrons. The predicted octanol–water partition coefficient (Wildman–Crippen LogP) is 7.16. The van der Waals surface area contributed by atoms with E-state index >= 15 is 4.39 Å². The normalized spacial score (nSPS) is 19.3. The Kier molecular flexibility index (Phi) is 9.22. The zero-order chi connectivity index (χ0) is 33.0. The van der Waals surface area contributed by atoms with Crippen molar-refractivity contribution < 1.29 is 49.4 Å². The number of hydrogen-bond acceptors (Lipinski definition) is 2. The molecule has 0 saturated carbocycles. The van der Waals surface area contributed by atoms with Gasteiger partial charge in [0.2, 0.25) is 0 Å². The average molecular weight is 634 g/mol. The van der Waals surface area contributed by atoms with E-state index in [1.54, 1.807) is 12.0 Å². The highest BCUT2D eigenvalue weighted by Crippen LogP contribution is 2.52. The number of allylic oxidation sites excluding steroid dienone is 1. The van der Waals surface area contributed by atoms with Crippen LogP contribution < -0.4 is 5.32 Å². The van der Waals surface area contributed by atoms with Gasteiger partial charge in [0, 0.05) is 22.3 Å². The lowest BCUT2D eigenvalue weighted by atomic mass is 9.71. The van der Waals surface area contributed by atoms with Crippen molar-refractivity contribution >= 4 is 5.91 Å². The van der Waals surface area contributed by atoms with E-state index in [1.807, 2.05) is 5.32 Å². The maximum Gasteiger partial charge on any atom is 0.456 e. The highest BCUT2D eigenvalue weighted by atomic mass is 19.4. The molecule has 3 aromatic carbocycles. The van der Waals surface area contributed by atoms with E-state index in [9.17, 15) is 45.0 Å². The summed E-state index contributed by atoms with van der Waals surface area (Å²) in [6.07, 6.45) is -20.0. The van der Waals surface area contributed by atoms with Gasteiger partial charge in [0.25, 0.3) is 5.91 Å². The molecule has 3 aromatic rings. The topological polar surface area (TPSA) is 49.3 Å². The van der Waals surface area contributed by atoms with Crippen LogP contribution in [0.1, 0.15) is 21.5 Å². The molecule has 45 heavy (non-hydrogen) atoms. The molecule has 0 saturated heterocycles. The van der Waals surface area contributed by atoms with Gasteiger partial charge in [-0.15, -0.1) is 0 Å². The molecule has 0 spiro atoms. The second kappa shape index (κ2) is 12.6. The smallest absolute Gasteiger partial charge is 0.385 e. The number of hydrogen-bond donors (Lipinski definition) is 2. The minimum atomic E-state index is -6.57. The number of nitrogens with one attached hydrogen (secondary N) is 1. The summed E-state index contributed by atoms with van der Waals surface area (Å²) in [6.45, 7) is 0. The predicted molar refractivity (Wildman–Crippen MR) is 146 cm³/mol. The standard InChI is InChI=1S/C33H20F9NO2/c34-27(31(35,36)33(40,41)42)25-20-30(32(37,38)39,19-18-22-12-6-2-7-13-22)28(44)24(17-16-21-10-4-1-5-11-21)26(25)43-29(45)23-14-8-3-9-15-23/h1-15,20,27-28,44H,(H,43,45). The van der Waals surface area contributed by atoms with Crippen LogP contribution in [0.2, 0.25) is 0 Å². The fourth-order valence-electron chi connectivity index (χ4n) is 4.27.